The Bertz CT molecular complexity index is 793. The summed E-state index contributed by atoms with van der Waals surface area (Å²) in [5.41, 5.74) is 1.90. The summed E-state index contributed by atoms with van der Waals surface area (Å²) < 4.78 is 5.36. The van der Waals surface area contributed by atoms with E-state index in [0.29, 0.717) is 12.1 Å². The standard InChI is InChI=1S/C23H31N5O2/c29-23(25-9-4-11-27-13-15-30-16-14-27)20-7-8-22(26-17-20)28-12-10-24-21(18-28)19-5-2-1-3-6-19/h1-3,5-8,17,21,24H,4,9-16,18H2,(H,25,29). The number of aromatic nitrogens is 1. The van der Waals surface area contributed by atoms with E-state index in [1.165, 1.54) is 5.56 Å². The fraction of sp³-hybridized carbons (Fsp3) is 0.478. The third-order valence-electron chi connectivity index (χ3n) is 5.75. The second kappa shape index (κ2) is 10.5. The predicted octanol–water partition coefficient (Wildman–Crippen LogP) is 1.68. The van der Waals surface area contributed by atoms with Crippen LogP contribution in [0.1, 0.15) is 28.4 Å². The van der Waals surface area contributed by atoms with Crippen molar-refractivity contribution < 1.29 is 9.53 Å². The highest BCUT2D eigenvalue weighted by atomic mass is 16.5. The molecular weight excluding hydrogens is 378 g/mol. The van der Waals surface area contributed by atoms with Gasteiger partial charge < -0.3 is 20.3 Å². The molecule has 1 aromatic heterocycles. The third kappa shape index (κ3) is 5.56. The average Bonchev–Trinajstić information content (AvgIpc) is 2.83. The van der Waals surface area contributed by atoms with Crippen LogP contribution in [-0.2, 0) is 4.74 Å². The van der Waals surface area contributed by atoms with Gasteiger partial charge in [-0.15, -0.1) is 0 Å². The summed E-state index contributed by atoms with van der Waals surface area (Å²) in [5, 5.41) is 6.58. The van der Waals surface area contributed by atoms with Crippen LogP contribution in [0.2, 0.25) is 0 Å². The zero-order valence-corrected chi connectivity index (χ0v) is 17.4. The fourth-order valence-corrected chi connectivity index (χ4v) is 4.01. The Kier molecular flexibility index (Phi) is 7.29. The second-order valence-corrected chi connectivity index (χ2v) is 7.83. The maximum Gasteiger partial charge on any atom is 0.252 e. The quantitative estimate of drug-likeness (QED) is 0.679. The van der Waals surface area contributed by atoms with Crippen LogP contribution in [-0.4, -0.2) is 74.8 Å². The van der Waals surface area contributed by atoms with E-state index in [0.717, 1.165) is 64.7 Å². The maximum absolute atomic E-state index is 12.4. The Balaban J connectivity index is 1.25. The molecule has 0 saturated carbocycles. The first-order chi connectivity index (χ1) is 14.8. The van der Waals surface area contributed by atoms with E-state index in [4.69, 9.17) is 4.74 Å². The molecule has 1 amide bonds. The summed E-state index contributed by atoms with van der Waals surface area (Å²) in [6.07, 6.45) is 2.63. The number of rotatable bonds is 7. The van der Waals surface area contributed by atoms with Gasteiger partial charge in [0, 0.05) is 51.5 Å². The minimum atomic E-state index is -0.0569. The first-order valence-electron chi connectivity index (χ1n) is 10.9. The number of ether oxygens (including phenoxy) is 1. The molecule has 0 aliphatic carbocycles. The van der Waals surface area contributed by atoms with Crippen LogP contribution in [0.4, 0.5) is 5.82 Å². The van der Waals surface area contributed by atoms with Crippen LogP contribution in [0.25, 0.3) is 0 Å². The van der Waals surface area contributed by atoms with Gasteiger partial charge >= 0.3 is 0 Å². The van der Waals surface area contributed by atoms with Crippen molar-refractivity contribution in [3.05, 3.63) is 59.8 Å². The smallest absolute Gasteiger partial charge is 0.252 e. The number of anilines is 1. The molecule has 2 aromatic rings. The lowest BCUT2D eigenvalue weighted by Gasteiger charge is -2.34. The number of carbonyl (C=O) groups is 1. The van der Waals surface area contributed by atoms with Crippen LogP contribution in [0, 0.1) is 0 Å². The monoisotopic (exact) mass is 409 g/mol. The number of hydrogen-bond donors (Lipinski definition) is 2. The van der Waals surface area contributed by atoms with Gasteiger partial charge in [0.2, 0.25) is 0 Å². The van der Waals surface area contributed by atoms with Crippen LogP contribution in [0.5, 0.6) is 0 Å². The Morgan fingerprint density at radius 1 is 1.13 bits per heavy atom. The van der Waals surface area contributed by atoms with Crippen LogP contribution in [0.15, 0.2) is 48.7 Å². The predicted molar refractivity (Wildman–Crippen MR) is 118 cm³/mol. The van der Waals surface area contributed by atoms with Gasteiger partial charge in [-0.25, -0.2) is 4.98 Å². The number of morpholine rings is 1. The summed E-state index contributed by atoms with van der Waals surface area (Å²) in [7, 11) is 0. The summed E-state index contributed by atoms with van der Waals surface area (Å²) in [4.78, 5) is 21.6. The highest BCUT2D eigenvalue weighted by molar-refractivity contribution is 5.94. The van der Waals surface area contributed by atoms with Crippen LogP contribution in [0.3, 0.4) is 0 Å². The first kappa shape index (κ1) is 20.8. The van der Waals surface area contributed by atoms with E-state index in [1.807, 2.05) is 18.2 Å². The number of piperazine rings is 1. The summed E-state index contributed by atoms with van der Waals surface area (Å²) >= 11 is 0. The topological polar surface area (TPSA) is 69.7 Å². The summed E-state index contributed by atoms with van der Waals surface area (Å²) in [6, 6.07) is 14.6. The van der Waals surface area contributed by atoms with Crippen molar-refractivity contribution in [2.24, 2.45) is 0 Å². The molecule has 0 radical (unpaired) electrons. The molecule has 7 heteroatoms. The highest BCUT2D eigenvalue weighted by Gasteiger charge is 2.21. The van der Waals surface area contributed by atoms with E-state index in [1.54, 1.807) is 6.20 Å². The zero-order valence-electron chi connectivity index (χ0n) is 17.4. The van der Waals surface area contributed by atoms with Crippen molar-refractivity contribution in [1.29, 1.82) is 0 Å². The molecule has 1 atom stereocenters. The lowest BCUT2D eigenvalue weighted by Crippen LogP contribution is -2.46. The van der Waals surface area contributed by atoms with Gasteiger partial charge in [-0.2, -0.15) is 0 Å². The molecule has 160 valence electrons. The zero-order chi connectivity index (χ0) is 20.6. The summed E-state index contributed by atoms with van der Waals surface area (Å²) in [6.45, 7) is 7.93. The van der Waals surface area contributed by atoms with Gasteiger partial charge in [-0.1, -0.05) is 30.3 Å². The highest BCUT2D eigenvalue weighted by Crippen LogP contribution is 2.21. The molecule has 2 fully saturated rings. The fourth-order valence-electron chi connectivity index (χ4n) is 4.01. The van der Waals surface area contributed by atoms with Crippen molar-refractivity contribution in [1.82, 2.24) is 20.5 Å². The molecule has 0 bridgehead atoms. The summed E-state index contributed by atoms with van der Waals surface area (Å²) in [5.74, 6) is 0.861. The number of nitrogens with zero attached hydrogens (tertiary/aromatic N) is 3. The lowest BCUT2D eigenvalue weighted by atomic mass is 10.0. The molecule has 4 rings (SSSR count). The maximum atomic E-state index is 12.4. The molecule has 7 nitrogen and oxygen atoms in total. The van der Waals surface area contributed by atoms with Gasteiger partial charge in [0.25, 0.3) is 5.91 Å². The van der Waals surface area contributed by atoms with Crippen LogP contribution < -0.4 is 15.5 Å². The minimum absolute atomic E-state index is 0.0569. The molecule has 1 aromatic carbocycles. The first-order valence-corrected chi connectivity index (χ1v) is 10.9. The Labute approximate surface area is 178 Å². The van der Waals surface area contributed by atoms with Crippen molar-refractivity contribution in [3.63, 3.8) is 0 Å². The number of benzene rings is 1. The second-order valence-electron chi connectivity index (χ2n) is 7.83. The normalized spacial score (nSPS) is 20.1. The van der Waals surface area contributed by atoms with Gasteiger partial charge in [0.05, 0.1) is 18.8 Å². The number of nitrogens with one attached hydrogen (secondary N) is 2. The van der Waals surface area contributed by atoms with E-state index in [-0.39, 0.29) is 11.9 Å². The molecule has 2 aliphatic rings. The van der Waals surface area contributed by atoms with Crippen LogP contribution >= 0.6 is 0 Å². The van der Waals surface area contributed by atoms with E-state index >= 15 is 0 Å². The molecule has 2 aliphatic heterocycles. The molecular formula is C23H31N5O2. The number of carbonyl (C=O) groups excluding carboxylic acids is 1. The van der Waals surface area contributed by atoms with E-state index in [9.17, 15) is 4.79 Å². The van der Waals surface area contributed by atoms with Gasteiger partial charge in [0.1, 0.15) is 5.82 Å². The Morgan fingerprint density at radius 2 is 1.97 bits per heavy atom. The number of hydrogen-bond acceptors (Lipinski definition) is 6. The van der Waals surface area contributed by atoms with Crippen molar-refractivity contribution in [2.75, 3.05) is 63.9 Å². The lowest BCUT2D eigenvalue weighted by molar-refractivity contribution is 0.0374. The molecule has 30 heavy (non-hydrogen) atoms. The average molecular weight is 410 g/mol. The van der Waals surface area contributed by atoms with Gasteiger partial charge in [-0.05, 0) is 30.7 Å². The van der Waals surface area contributed by atoms with Crippen molar-refractivity contribution in [3.8, 4) is 0 Å². The SMILES string of the molecule is O=C(NCCCN1CCOCC1)c1ccc(N2CCNC(c3ccccc3)C2)nc1. The molecule has 0 spiro atoms. The molecule has 2 saturated heterocycles. The third-order valence-corrected chi connectivity index (χ3v) is 5.75. The number of pyridine rings is 1. The van der Waals surface area contributed by atoms with Gasteiger partial charge in [0.15, 0.2) is 0 Å². The molecule has 2 N–H and O–H groups in total. The van der Waals surface area contributed by atoms with Gasteiger partial charge in [-0.3, -0.25) is 9.69 Å². The minimum Gasteiger partial charge on any atom is -0.379 e. The Morgan fingerprint density at radius 3 is 2.73 bits per heavy atom. The number of amides is 1. The molecule has 1 unspecified atom stereocenters. The van der Waals surface area contributed by atoms with E-state index in [2.05, 4.69) is 49.7 Å². The Hall–Kier alpha value is -2.48. The molecule has 3 heterocycles. The van der Waals surface area contributed by atoms with Crippen molar-refractivity contribution >= 4 is 11.7 Å². The van der Waals surface area contributed by atoms with E-state index < -0.39 is 0 Å². The van der Waals surface area contributed by atoms with Crippen molar-refractivity contribution in [2.45, 2.75) is 12.5 Å². The largest absolute Gasteiger partial charge is 0.379 e.